The number of piperidine rings is 1. The van der Waals surface area contributed by atoms with Crippen molar-refractivity contribution in [1.29, 1.82) is 0 Å². The Morgan fingerprint density at radius 1 is 1.27 bits per heavy atom. The second kappa shape index (κ2) is 5.77. The summed E-state index contributed by atoms with van der Waals surface area (Å²) in [4.78, 5) is 1.81. The van der Waals surface area contributed by atoms with Crippen molar-refractivity contribution >= 4 is 0 Å². The number of hydrogen-bond acceptors (Lipinski definition) is 5. The first kappa shape index (κ1) is 12.9. The maximum absolute atomic E-state index is 9.66. The van der Waals surface area contributed by atoms with Crippen LogP contribution < -0.4 is 0 Å². The number of β-amino-alcohol motifs (C(OH)–C–C–N with tert-alkyl or cyclic N) is 1. The zero-order chi connectivity index (χ0) is 11.4. The largest absolute Gasteiger partial charge is 0.395 e. The van der Waals surface area contributed by atoms with Crippen molar-refractivity contribution < 1.29 is 20.4 Å². The molecule has 0 amide bonds. The summed E-state index contributed by atoms with van der Waals surface area (Å²) in [5, 5.41) is 37.7. The number of likely N-dealkylation sites (tertiary alicyclic amines) is 1. The summed E-state index contributed by atoms with van der Waals surface area (Å²) in [5.74, 6) is 0. The molecule has 4 N–H and O–H groups in total. The van der Waals surface area contributed by atoms with Crippen molar-refractivity contribution in [2.24, 2.45) is 0 Å². The van der Waals surface area contributed by atoms with Crippen molar-refractivity contribution in [2.45, 2.75) is 37.7 Å². The summed E-state index contributed by atoms with van der Waals surface area (Å²) >= 11 is 0. The summed E-state index contributed by atoms with van der Waals surface area (Å²) in [5.41, 5.74) is 0. The van der Waals surface area contributed by atoms with Crippen LogP contribution in [0.1, 0.15) is 13.3 Å². The fourth-order valence-electron chi connectivity index (χ4n) is 1.93. The molecule has 0 saturated carbocycles. The average Bonchev–Trinajstić information content (AvgIpc) is 2.23. The van der Waals surface area contributed by atoms with E-state index < -0.39 is 24.4 Å². The molecular weight excluding hydrogens is 198 g/mol. The Bertz CT molecular complexity index is 190. The van der Waals surface area contributed by atoms with Gasteiger partial charge in [-0.1, -0.05) is 0 Å². The summed E-state index contributed by atoms with van der Waals surface area (Å²) in [7, 11) is 0. The highest BCUT2D eigenvalue weighted by molar-refractivity contribution is 4.94. The average molecular weight is 218 g/mol. The normalized spacial score (nSPS) is 38.2. The second-order valence-electron chi connectivity index (χ2n) is 3.99. The van der Waals surface area contributed by atoms with Gasteiger partial charge >= 0.3 is 0 Å². The van der Waals surface area contributed by atoms with Gasteiger partial charge < -0.3 is 26.8 Å². The van der Waals surface area contributed by atoms with E-state index in [-0.39, 0.29) is 13.2 Å². The van der Waals surface area contributed by atoms with Crippen LogP contribution >= 0.6 is 0 Å². The van der Waals surface area contributed by atoms with Crippen LogP contribution in [-0.2, 0) is 0 Å². The quantitative estimate of drug-likeness (QED) is 0.425. The van der Waals surface area contributed by atoms with Gasteiger partial charge in [-0.25, -0.2) is 0 Å². The van der Waals surface area contributed by atoms with Crippen LogP contribution in [0.2, 0.25) is 0 Å². The van der Waals surface area contributed by atoms with Crippen LogP contribution in [-0.4, -0.2) is 69.4 Å². The summed E-state index contributed by atoms with van der Waals surface area (Å²) in [6.07, 6.45) is -0.385. The third kappa shape index (κ3) is 2.89. The van der Waals surface area contributed by atoms with Gasteiger partial charge in [-0.05, 0) is 6.54 Å². The molecule has 15 heavy (non-hydrogen) atoms. The molecule has 1 heterocycles. The molecule has 0 bridgehead atoms. The SMILES string of the molecule is C[CH-]CCN1C[C@H](O)[C@@H](O)[C@H](O)[C@H]1CO. The fourth-order valence-corrected chi connectivity index (χ4v) is 1.93. The topological polar surface area (TPSA) is 84.2 Å². The molecule has 1 rings (SSSR count). The van der Waals surface area contributed by atoms with Crippen LogP contribution in [0.15, 0.2) is 0 Å². The predicted molar refractivity (Wildman–Crippen MR) is 55.1 cm³/mol. The van der Waals surface area contributed by atoms with Crippen LogP contribution in [0.25, 0.3) is 0 Å². The van der Waals surface area contributed by atoms with Crippen molar-refractivity contribution in [3.05, 3.63) is 6.42 Å². The zero-order valence-corrected chi connectivity index (χ0v) is 8.95. The molecule has 0 aliphatic carbocycles. The van der Waals surface area contributed by atoms with Gasteiger partial charge in [0.2, 0.25) is 0 Å². The van der Waals surface area contributed by atoms with Crippen molar-refractivity contribution in [2.75, 3.05) is 19.7 Å². The first-order valence-electron chi connectivity index (χ1n) is 5.28. The van der Waals surface area contributed by atoms with E-state index in [0.29, 0.717) is 6.54 Å². The smallest absolute Gasteiger partial charge is 0.109 e. The van der Waals surface area contributed by atoms with Gasteiger partial charge in [0.25, 0.3) is 0 Å². The standard InChI is InChI=1S/C10H20NO4/c1-2-3-4-11-5-8(13)10(15)9(14)7(11)6-12/h2,7-10,12-15H,3-6H2,1H3/q-1/t7-,8+,9-,10-/m1/s1. The third-order valence-electron chi connectivity index (χ3n) is 2.92. The van der Waals surface area contributed by atoms with E-state index in [1.165, 1.54) is 0 Å². The minimum absolute atomic E-state index is 0.214. The Balaban J connectivity index is 2.60. The molecule has 0 aromatic heterocycles. The number of rotatable bonds is 4. The Hall–Kier alpha value is -0.200. The molecule has 5 nitrogen and oxygen atoms in total. The minimum atomic E-state index is -1.16. The van der Waals surface area contributed by atoms with Crippen LogP contribution in [0.4, 0.5) is 0 Å². The van der Waals surface area contributed by atoms with Crippen LogP contribution in [0, 0.1) is 6.42 Å². The number of unbranched alkanes of at least 4 members (excludes halogenated alkanes) is 1. The molecule has 4 atom stereocenters. The Labute approximate surface area is 90.0 Å². The summed E-state index contributed by atoms with van der Waals surface area (Å²) in [6, 6.07) is -0.483. The van der Waals surface area contributed by atoms with Gasteiger partial charge in [0.05, 0.1) is 18.8 Å². The highest BCUT2D eigenvalue weighted by atomic mass is 16.4. The number of nitrogens with zero attached hydrogens (tertiary/aromatic N) is 1. The lowest BCUT2D eigenvalue weighted by Gasteiger charge is -2.43. The molecule has 0 spiro atoms. The highest BCUT2D eigenvalue weighted by Gasteiger charge is 2.40. The monoisotopic (exact) mass is 218 g/mol. The molecule has 0 radical (unpaired) electrons. The summed E-state index contributed by atoms with van der Waals surface area (Å²) < 4.78 is 0. The van der Waals surface area contributed by atoms with E-state index >= 15 is 0 Å². The maximum atomic E-state index is 9.66. The number of hydrogen-bond donors (Lipinski definition) is 4. The van der Waals surface area contributed by atoms with Gasteiger partial charge in [-0.15, -0.1) is 0 Å². The molecule has 0 unspecified atom stereocenters. The lowest BCUT2D eigenvalue weighted by molar-refractivity contribution is -0.144. The molecule has 5 heteroatoms. The first-order valence-corrected chi connectivity index (χ1v) is 5.28. The third-order valence-corrected chi connectivity index (χ3v) is 2.92. The van der Waals surface area contributed by atoms with E-state index in [1.54, 1.807) is 0 Å². The molecule has 0 aromatic rings. The molecule has 90 valence electrons. The number of aliphatic hydroxyl groups is 4. The van der Waals surface area contributed by atoms with E-state index in [9.17, 15) is 15.3 Å². The lowest BCUT2D eigenvalue weighted by Crippen LogP contribution is -2.62. The maximum Gasteiger partial charge on any atom is 0.109 e. The molecule has 0 aromatic carbocycles. The van der Waals surface area contributed by atoms with Gasteiger partial charge in [-0.2, -0.15) is 13.3 Å². The van der Waals surface area contributed by atoms with Crippen LogP contribution in [0.5, 0.6) is 0 Å². The number of aliphatic hydroxyl groups excluding tert-OH is 4. The summed E-state index contributed by atoms with van der Waals surface area (Å²) in [6.45, 7) is 2.67. The highest BCUT2D eigenvalue weighted by Crippen LogP contribution is 2.19. The molecule has 1 aliphatic rings. The second-order valence-corrected chi connectivity index (χ2v) is 3.99. The Morgan fingerprint density at radius 3 is 2.47 bits per heavy atom. The van der Waals surface area contributed by atoms with E-state index in [1.807, 2.05) is 18.2 Å². The van der Waals surface area contributed by atoms with Crippen molar-refractivity contribution in [3.8, 4) is 0 Å². The molecule has 1 saturated heterocycles. The molecule has 1 aliphatic heterocycles. The van der Waals surface area contributed by atoms with E-state index in [0.717, 1.165) is 6.42 Å². The van der Waals surface area contributed by atoms with Crippen LogP contribution in [0.3, 0.4) is 0 Å². The predicted octanol–water partition coefficient (Wildman–Crippen LogP) is -1.64. The van der Waals surface area contributed by atoms with E-state index in [4.69, 9.17) is 5.11 Å². The minimum Gasteiger partial charge on any atom is -0.395 e. The Morgan fingerprint density at radius 2 is 1.93 bits per heavy atom. The fraction of sp³-hybridized carbons (Fsp3) is 0.900. The first-order chi connectivity index (χ1) is 7.11. The zero-order valence-electron chi connectivity index (χ0n) is 8.95. The Kier molecular flexibility index (Phi) is 4.95. The van der Waals surface area contributed by atoms with Gasteiger partial charge in [0.1, 0.15) is 12.2 Å². The van der Waals surface area contributed by atoms with Crippen molar-refractivity contribution in [3.63, 3.8) is 0 Å². The van der Waals surface area contributed by atoms with E-state index in [2.05, 4.69) is 0 Å². The van der Waals surface area contributed by atoms with Gasteiger partial charge in [0.15, 0.2) is 0 Å². The van der Waals surface area contributed by atoms with Crippen molar-refractivity contribution in [1.82, 2.24) is 4.90 Å². The van der Waals surface area contributed by atoms with Gasteiger partial charge in [-0.3, -0.25) is 4.90 Å². The lowest BCUT2D eigenvalue weighted by atomic mass is 9.94. The van der Waals surface area contributed by atoms with Gasteiger partial charge in [0, 0.05) is 6.54 Å². The molecule has 1 fully saturated rings. The molecular formula is C10H20NO4-.